The molecule has 0 saturated heterocycles. The summed E-state index contributed by atoms with van der Waals surface area (Å²) in [6, 6.07) is 0. The second kappa shape index (κ2) is 5.73. The number of oxime groups is 1. The number of rotatable bonds is 4. The van der Waals surface area contributed by atoms with Gasteiger partial charge in [-0.25, -0.2) is 4.79 Å². The van der Waals surface area contributed by atoms with Gasteiger partial charge >= 0.3 is 5.97 Å². The first-order valence-electron chi connectivity index (χ1n) is 4.74. The van der Waals surface area contributed by atoms with Crippen molar-refractivity contribution in [3.05, 3.63) is 0 Å². The third kappa shape index (κ3) is 4.65. The first-order valence-corrected chi connectivity index (χ1v) is 4.74. The van der Waals surface area contributed by atoms with E-state index in [1.165, 1.54) is 0 Å². The van der Waals surface area contributed by atoms with E-state index in [9.17, 15) is 4.79 Å². The molecule has 0 aliphatic rings. The van der Waals surface area contributed by atoms with Crippen molar-refractivity contribution in [2.75, 3.05) is 0 Å². The molecule has 0 aromatic rings. The summed E-state index contributed by atoms with van der Waals surface area (Å²) < 4.78 is 0. The lowest BCUT2D eigenvalue weighted by Gasteiger charge is -2.06. The van der Waals surface area contributed by atoms with Gasteiger partial charge in [0.25, 0.3) is 0 Å². The molecule has 0 aromatic carbocycles. The summed E-state index contributed by atoms with van der Waals surface area (Å²) in [4.78, 5) is 15.9. The highest BCUT2D eigenvalue weighted by molar-refractivity contribution is 5.84. The quantitative estimate of drug-likeness (QED) is 0.383. The monoisotopic (exact) mass is 185 g/mol. The van der Waals surface area contributed by atoms with Gasteiger partial charge in [-0.05, 0) is 19.3 Å². The van der Waals surface area contributed by atoms with Gasteiger partial charge in [0, 0.05) is 0 Å². The largest absolute Gasteiger partial charge is 0.337 e. The van der Waals surface area contributed by atoms with Gasteiger partial charge < -0.3 is 4.84 Å². The summed E-state index contributed by atoms with van der Waals surface area (Å²) in [5.74, 6) is 0.0101. The highest BCUT2D eigenvalue weighted by Gasteiger charge is 2.12. The van der Waals surface area contributed by atoms with Crippen LogP contribution >= 0.6 is 0 Å². The zero-order valence-corrected chi connectivity index (χ0v) is 9.13. The van der Waals surface area contributed by atoms with Crippen molar-refractivity contribution in [3.8, 4) is 0 Å². The Labute approximate surface area is 80.1 Å². The van der Waals surface area contributed by atoms with Crippen molar-refractivity contribution >= 4 is 11.7 Å². The van der Waals surface area contributed by atoms with Gasteiger partial charge in [-0.2, -0.15) is 0 Å². The second-order valence-corrected chi connectivity index (χ2v) is 3.61. The fourth-order valence-corrected chi connectivity index (χ4v) is 0.479. The maximum absolute atomic E-state index is 11.2. The molecule has 0 bridgehead atoms. The third-order valence-corrected chi connectivity index (χ3v) is 2.13. The van der Waals surface area contributed by atoms with Crippen LogP contribution < -0.4 is 0 Å². The first kappa shape index (κ1) is 12.1. The first-order chi connectivity index (χ1) is 5.99. The fourth-order valence-electron chi connectivity index (χ4n) is 0.479. The van der Waals surface area contributed by atoms with Crippen LogP contribution in [-0.2, 0) is 9.63 Å². The van der Waals surface area contributed by atoms with Gasteiger partial charge in [-0.3, -0.25) is 0 Å². The standard InChI is InChI=1S/C10H19NO2/c1-6-8(4)10(12)13-11-9(5)7(2)3/h7-8H,6H2,1-5H3/b11-9-. The SMILES string of the molecule is CCC(C)C(=O)O/N=C(/C)C(C)C. The molecule has 3 heteroatoms. The molecule has 0 fully saturated rings. The van der Waals surface area contributed by atoms with E-state index in [4.69, 9.17) is 4.84 Å². The molecule has 0 spiro atoms. The molecule has 0 aliphatic heterocycles. The fraction of sp³-hybridized carbons (Fsp3) is 0.800. The summed E-state index contributed by atoms with van der Waals surface area (Å²) in [7, 11) is 0. The van der Waals surface area contributed by atoms with Crippen molar-refractivity contribution in [1.82, 2.24) is 0 Å². The lowest BCUT2D eigenvalue weighted by molar-refractivity contribution is -0.148. The molecule has 76 valence electrons. The van der Waals surface area contributed by atoms with E-state index in [0.29, 0.717) is 5.92 Å². The van der Waals surface area contributed by atoms with Crippen molar-refractivity contribution in [2.24, 2.45) is 17.0 Å². The molecular weight excluding hydrogens is 166 g/mol. The summed E-state index contributed by atoms with van der Waals surface area (Å²) in [6.07, 6.45) is 0.787. The Morgan fingerprint density at radius 2 is 1.92 bits per heavy atom. The number of hydrogen-bond acceptors (Lipinski definition) is 3. The van der Waals surface area contributed by atoms with E-state index < -0.39 is 0 Å². The van der Waals surface area contributed by atoms with E-state index in [0.717, 1.165) is 12.1 Å². The smallest absolute Gasteiger partial charge is 0.318 e. The molecule has 0 aliphatic carbocycles. The zero-order chi connectivity index (χ0) is 10.4. The van der Waals surface area contributed by atoms with E-state index in [1.54, 1.807) is 0 Å². The van der Waals surface area contributed by atoms with E-state index in [2.05, 4.69) is 5.16 Å². The Hall–Kier alpha value is -0.860. The Morgan fingerprint density at radius 3 is 2.31 bits per heavy atom. The average Bonchev–Trinajstić information content (AvgIpc) is 2.11. The Morgan fingerprint density at radius 1 is 1.38 bits per heavy atom. The number of carbonyl (C=O) groups excluding carboxylic acids is 1. The predicted molar refractivity (Wildman–Crippen MR) is 53.5 cm³/mol. The lowest BCUT2D eigenvalue weighted by Crippen LogP contribution is -2.13. The molecule has 0 heterocycles. The minimum atomic E-state index is -0.248. The second-order valence-electron chi connectivity index (χ2n) is 3.61. The molecule has 0 amide bonds. The maximum atomic E-state index is 11.2. The van der Waals surface area contributed by atoms with E-state index in [-0.39, 0.29) is 11.9 Å². The molecule has 3 nitrogen and oxygen atoms in total. The highest BCUT2D eigenvalue weighted by Crippen LogP contribution is 2.04. The number of hydrogen-bond donors (Lipinski definition) is 0. The van der Waals surface area contributed by atoms with Crippen molar-refractivity contribution in [1.29, 1.82) is 0 Å². The average molecular weight is 185 g/mol. The van der Waals surface area contributed by atoms with E-state index >= 15 is 0 Å². The van der Waals surface area contributed by atoms with E-state index in [1.807, 2.05) is 34.6 Å². The van der Waals surface area contributed by atoms with Crippen molar-refractivity contribution < 1.29 is 9.63 Å². The number of nitrogens with zero attached hydrogens (tertiary/aromatic N) is 1. The minimum absolute atomic E-state index is 0.0660. The molecular formula is C10H19NO2. The number of carbonyl (C=O) groups is 1. The molecule has 0 radical (unpaired) electrons. The molecule has 1 atom stereocenters. The molecule has 0 N–H and O–H groups in total. The summed E-state index contributed by atoms with van der Waals surface area (Å²) in [5.41, 5.74) is 0.844. The molecule has 1 unspecified atom stereocenters. The third-order valence-electron chi connectivity index (χ3n) is 2.13. The zero-order valence-electron chi connectivity index (χ0n) is 9.13. The summed E-state index contributed by atoms with van der Waals surface area (Å²) >= 11 is 0. The van der Waals surface area contributed by atoms with Crippen molar-refractivity contribution in [3.63, 3.8) is 0 Å². The van der Waals surface area contributed by atoms with Gasteiger partial charge in [0.05, 0.1) is 11.6 Å². The van der Waals surface area contributed by atoms with Crippen LogP contribution in [0.25, 0.3) is 0 Å². The maximum Gasteiger partial charge on any atom is 0.337 e. The predicted octanol–water partition coefficient (Wildman–Crippen LogP) is 2.61. The van der Waals surface area contributed by atoms with Crippen LogP contribution in [0.4, 0.5) is 0 Å². The van der Waals surface area contributed by atoms with Crippen LogP contribution in [0, 0.1) is 11.8 Å². The lowest BCUT2D eigenvalue weighted by atomic mass is 10.1. The van der Waals surface area contributed by atoms with Gasteiger partial charge in [-0.1, -0.05) is 32.9 Å². The summed E-state index contributed by atoms with van der Waals surface area (Å²) in [6.45, 7) is 9.66. The van der Waals surface area contributed by atoms with Crippen LogP contribution in [0.5, 0.6) is 0 Å². The van der Waals surface area contributed by atoms with Gasteiger partial charge in [0.1, 0.15) is 0 Å². The molecule has 13 heavy (non-hydrogen) atoms. The van der Waals surface area contributed by atoms with Crippen LogP contribution in [-0.4, -0.2) is 11.7 Å². The molecule has 0 saturated carbocycles. The van der Waals surface area contributed by atoms with Crippen LogP contribution in [0.1, 0.15) is 41.0 Å². The normalized spacial score (nSPS) is 14.5. The Bertz CT molecular complexity index is 197. The molecule has 0 rings (SSSR count). The Balaban J connectivity index is 4.01. The van der Waals surface area contributed by atoms with Gasteiger partial charge in [0.2, 0.25) is 0 Å². The van der Waals surface area contributed by atoms with Crippen LogP contribution in [0.3, 0.4) is 0 Å². The van der Waals surface area contributed by atoms with Gasteiger partial charge in [-0.15, -0.1) is 0 Å². The summed E-state index contributed by atoms with van der Waals surface area (Å²) in [5, 5.41) is 3.76. The van der Waals surface area contributed by atoms with Crippen LogP contribution in [0.2, 0.25) is 0 Å². The van der Waals surface area contributed by atoms with Crippen LogP contribution in [0.15, 0.2) is 5.16 Å². The topological polar surface area (TPSA) is 38.7 Å². The Kier molecular flexibility index (Phi) is 5.35. The van der Waals surface area contributed by atoms with Gasteiger partial charge in [0.15, 0.2) is 0 Å². The minimum Gasteiger partial charge on any atom is -0.318 e. The molecule has 0 aromatic heterocycles. The van der Waals surface area contributed by atoms with Crippen molar-refractivity contribution in [2.45, 2.75) is 41.0 Å². The highest BCUT2D eigenvalue weighted by atomic mass is 16.7.